The van der Waals surface area contributed by atoms with E-state index in [4.69, 9.17) is 9.97 Å². The molecule has 0 aliphatic carbocycles. The van der Waals surface area contributed by atoms with Gasteiger partial charge >= 0.3 is 0 Å². The zero-order chi connectivity index (χ0) is 24.2. The predicted molar refractivity (Wildman–Crippen MR) is 143 cm³/mol. The maximum Gasteiger partial charge on any atom is 0.282 e. The van der Waals surface area contributed by atoms with Crippen LogP contribution in [0.4, 0.5) is 0 Å². The number of fused-ring (bicyclic) bond motifs is 5. The second-order valence-electron chi connectivity index (χ2n) is 8.64. The molecule has 36 heavy (non-hydrogen) atoms. The van der Waals surface area contributed by atoms with E-state index in [9.17, 15) is 9.59 Å². The van der Waals surface area contributed by atoms with E-state index in [1.54, 1.807) is 12.1 Å². The number of hydrogen-bond acceptors (Lipinski definition) is 4. The van der Waals surface area contributed by atoms with Gasteiger partial charge in [0.2, 0.25) is 5.95 Å². The number of para-hydroxylation sites is 3. The van der Waals surface area contributed by atoms with Gasteiger partial charge in [0.1, 0.15) is 5.52 Å². The highest BCUT2D eigenvalue weighted by Crippen LogP contribution is 2.27. The summed E-state index contributed by atoms with van der Waals surface area (Å²) in [5.41, 5.74) is 3.26. The van der Waals surface area contributed by atoms with Crippen LogP contribution in [0.5, 0.6) is 0 Å². The van der Waals surface area contributed by atoms with Gasteiger partial charge in [0.15, 0.2) is 0 Å². The predicted octanol–water partition coefficient (Wildman–Crippen LogP) is 5.37. The highest BCUT2D eigenvalue weighted by molar-refractivity contribution is 5.93. The van der Waals surface area contributed by atoms with Gasteiger partial charge in [-0.3, -0.25) is 14.0 Å². The van der Waals surface area contributed by atoms with Crippen LogP contribution in [0.15, 0.2) is 119 Å². The summed E-state index contributed by atoms with van der Waals surface area (Å²) in [6.07, 6.45) is 0. The lowest BCUT2D eigenvalue weighted by Gasteiger charge is -2.15. The molecule has 0 fully saturated rings. The van der Waals surface area contributed by atoms with Crippen molar-refractivity contribution in [3.05, 3.63) is 130 Å². The molecule has 0 radical (unpaired) electrons. The Morgan fingerprint density at radius 3 is 2.06 bits per heavy atom. The fourth-order valence-electron chi connectivity index (χ4n) is 4.90. The Balaban J connectivity index is 1.66. The molecule has 0 unspecified atom stereocenters. The lowest BCUT2D eigenvalue weighted by molar-refractivity contribution is 0.925. The molecule has 0 atom stereocenters. The van der Waals surface area contributed by atoms with E-state index in [0.29, 0.717) is 21.8 Å². The summed E-state index contributed by atoms with van der Waals surface area (Å²) in [5, 5.41) is 2.17. The fourth-order valence-corrected chi connectivity index (χ4v) is 4.90. The third-order valence-corrected chi connectivity index (χ3v) is 6.55. The number of aromatic nitrogens is 4. The zero-order valence-corrected chi connectivity index (χ0v) is 19.0. The molecule has 0 N–H and O–H groups in total. The normalized spacial score (nSPS) is 11.6. The molecule has 3 aromatic heterocycles. The van der Waals surface area contributed by atoms with Gasteiger partial charge in [-0.2, -0.15) is 0 Å². The molecule has 0 aliphatic heterocycles. The second kappa shape index (κ2) is 7.71. The first kappa shape index (κ1) is 20.3. The fraction of sp³-hybridized carbons (Fsp3) is 0. The molecule has 170 valence electrons. The lowest BCUT2D eigenvalue weighted by atomic mass is 10.1. The van der Waals surface area contributed by atoms with Gasteiger partial charge in [-0.15, -0.1) is 0 Å². The largest absolute Gasteiger partial charge is 0.282 e. The number of nitrogens with zero attached hydrogens (tertiary/aromatic N) is 4. The molecule has 0 bridgehead atoms. The van der Waals surface area contributed by atoms with Gasteiger partial charge in [-0.05, 0) is 35.7 Å². The van der Waals surface area contributed by atoms with Crippen molar-refractivity contribution in [2.24, 2.45) is 0 Å². The van der Waals surface area contributed by atoms with Crippen LogP contribution in [0, 0.1) is 0 Å². The van der Waals surface area contributed by atoms with E-state index in [1.165, 1.54) is 8.97 Å². The monoisotopic (exact) mass is 466 g/mol. The molecule has 7 aromatic rings. The molecule has 0 saturated carbocycles. The van der Waals surface area contributed by atoms with Crippen molar-refractivity contribution in [3.8, 4) is 17.2 Å². The zero-order valence-electron chi connectivity index (χ0n) is 19.0. The van der Waals surface area contributed by atoms with E-state index in [-0.39, 0.29) is 22.6 Å². The highest BCUT2D eigenvalue weighted by atomic mass is 16.1. The average Bonchev–Trinajstić information content (AvgIpc) is 2.93. The summed E-state index contributed by atoms with van der Waals surface area (Å²) >= 11 is 0. The number of rotatable bonds is 2. The van der Waals surface area contributed by atoms with Gasteiger partial charge in [0, 0.05) is 16.3 Å². The molecule has 6 nitrogen and oxygen atoms in total. The van der Waals surface area contributed by atoms with E-state index >= 15 is 0 Å². The number of pyridine rings is 1. The van der Waals surface area contributed by atoms with Gasteiger partial charge in [0.05, 0.1) is 22.2 Å². The van der Waals surface area contributed by atoms with Crippen LogP contribution in [0.25, 0.3) is 55.4 Å². The van der Waals surface area contributed by atoms with E-state index in [2.05, 4.69) is 0 Å². The van der Waals surface area contributed by atoms with E-state index in [1.807, 2.05) is 97.1 Å². The minimum atomic E-state index is -0.356. The topological polar surface area (TPSA) is 69.3 Å². The maximum absolute atomic E-state index is 14.0. The molecule has 7 rings (SSSR count). The Morgan fingerprint density at radius 2 is 1.22 bits per heavy atom. The van der Waals surface area contributed by atoms with Gasteiger partial charge in [0.25, 0.3) is 11.1 Å². The Bertz CT molecular complexity index is 2090. The van der Waals surface area contributed by atoms with Crippen molar-refractivity contribution in [2.45, 2.75) is 0 Å². The van der Waals surface area contributed by atoms with Crippen LogP contribution in [-0.2, 0) is 0 Å². The van der Waals surface area contributed by atoms with Crippen molar-refractivity contribution in [1.29, 1.82) is 0 Å². The molecule has 4 aromatic carbocycles. The van der Waals surface area contributed by atoms with Crippen LogP contribution in [-0.4, -0.2) is 18.9 Å². The first-order valence-corrected chi connectivity index (χ1v) is 11.6. The molecule has 0 amide bonds. The number of benzene rings is 4. The Labute approximate surface area is 204 Å². The van der Waals surface area contributed by atoms with E-state index in [0.717, 1.165) is 22.2 Å². The van der Waals surface area contributed by atoms with Gasteiger partial charge in [-0.1, -0.05) is 78.9 Å². The molecular formula is C30H18N4O2. The first-order valence-electron chi connectivity index (χ1n) is 11.6. The minimum Gasteiger partial charge on any atom is -0.269 e. The molecule has 0 spiro atoms. The van der Waals surface area contributed by atoms with Gasteiger partial charge < -0.3 is 0 Å². The van der Waals surface area contributed by atoms with Crippen molar-refractivity contribution in [1.82, 2.24) is 18.9 Å². The SMILES string of the molecule is O=c1c2cc3ccccc3c(=O)n2c2ccccc2n1-c1nc(-c2ccccc2)c2ccccc2n1. The lowest BCUT2D eigenvalue weighted by Crippen LogP contribution is -2.28. The summed E-state index contributed by atoms with van der Waals surface area (Å²) in [5.74, 6) is 0.261. The third kappa shape index (κ3) is 2.91. The highest BCUT2D eigenvalue weighted by Gasteiger charge is 2.18. The molecule has 6 heteroatoms. The van der Waals surface area contributed by atoms with E-state index < -0.39 is 0 Å². The van der Waals surface area contributed by atoms with Crippen LogP contribution in [0.1, 0.15) is 0 Å². The summed E-state index contributed by atoms with van der Waals surface area (Å²) in [4.78, 5) is 37.3. The molecule has 0 saturated heterocycles. The smallest absolute Gasteiger partial charge is 0.269 e. The van der Waals surface area contributed by atoms with Crippen LogP contribution < -0.4 is 11.1 Å². The number of hydrogen-bond donors (Lipinski definition) is 0. The van der Waals surface area contributed by atoms with Gasteiger partial charge in [-0.25, -0.2) is 14.5 Å². The summed E-state index contributed by atoms with van der Waals surface area (Å²) in [6, 6.07) is 34.1. The molecule has 3 heterocycles. The Kier molecular flexibility index (Phi) is 4.35. The maximum atomic E-state index is 14.0. The van der Waals surface area contributed by atoms with Crippen LogP contribution in [0.2, 0.25) is 0 Å². The summed E-state index contributed by atoms with van der Waals surface area (Å²) in [6.45, 7) is 0. The summed E-state index contributed by atoms with van der Waals surface area (Å²) < 4.78 is 3.01. The van der Waals surface area contributed by atoms with Crippen LogP contribution in [0.3, 0.4) is 0 Å². The molecule has 0 aliphatic rings. The average molecular weight is 467 g/mol. The van der Waals surface area contributed by atoms with Crippen molar-refractivity contribution < 1.29 is 0 Å². The van der Waals surface area contributed by atoms with Crippen molar-refractivity contribution in [2.75, 3.05) is 0 Å². The third-order valence-electron chi connectivity index (χ3n) is 6.55. The quantitative estimate of drug-likeness (QED) is 0.254. The van der Waals surface area contributed by atoms with Crippen molar-refractivity contribution in [3.63, 3.8) is 0 Å². The minimum absolute atomic E-state index is 0.229. The molecular weight excluding hydrogens is 448 g/mol. The first-order chi connectivity index (χ1) is 17.7. The van der Waals surface area contributed by atoms with Crippen molar-refractivity contribution >= 4 is 38.2 Å². The Morgan fingerprint density at radius 1 is 0.556 bits per heavy atom. The standard InChI is InChI=1S/C30H18N4O2/c35-28-21-13-5-4-12-20(21)18-26-29(36)34(25-17-9-8-16-24(25)33(26)28)30-31-23-15-7-6-14-22(23)27(32-30)19-10-2-1-3-11-19/h1-18H. The van der Waals surface area contributed by atoms with Crippen LogP contribution >= 0.6 is 0 Å². The Hall–Kier alpha value is -5.10. The summed E-state index contributed by atoms with van der Waals surface area (Å²) in [7, 11) is 0. The second-order valence-corrected chi connectivity index (χ2v) is 8.64.